The van der Waals surface area contributed by atoms with E-state index in [4.69, 9.17) is 11.6 Å². The van der Waals surface area contributed by atoms with Gasteiger partial charge in [-0.3, -0.25) is 4.79 Å². The topological polar surface area (TPSA) is 46.4 Å². The first-order chi connectivity index (χ1) is 11.5. The fourth-order valence-corrected chi connectivity index (χ4v) is 2.90. The zero-order valence-electron chi connectivity index (χ0n) is 13.8. The Bertz CT molecular complexity index is 852. The van der Waals surface area contributed by atoms with Crippen molar-refractivity contribution in [3.05, 3.63) is 71.3 Å². The number of imidazole rings is 1. The summed E-state index contributed by atoms with van der Waals surface area (Å²) in [7, 11) is 0. The van der Waals surface area contributed by atoms with E-state index in [-0.39, 0.29) is 11.3 Å². The molecule has 1 amide bonds. The maximum Gasteiger partial charge on any atom is 0.221 e. The summed E-state index contributed by atoms with van der Waals surface area (Å²) in [6.45, 7) is 4.52. The summed E-state index contributed by atoms with van der Waals surface area (Å²) < 4.78 is 1.98. The Labute approximate surface area is 146 Å². The smallest absolute Gasteiger partial charge is 0.221 e. The van der Waals surface area contributed by atoms with Crippen LogP contribution in [-0.4, -0.2) is 15.3 Å². The number of amides is 1. The Morgan fingerprint density at radius 2 is 1.96 bits per heavy atom. The molecule has 0 bridgehead atoms. The molecule has 0 saturated heterocycles. The Balaban J connectivity index is 1.64. The van der Waals surface area contributed by atoms with E-state index in [0.29, 0.717) is 18.0 Å². The van der Waals surface area contributed by atoms with Gasteiger partial charge in [0, 0.05) is 17.6 Å². The van der Waals surface area contributed by atoms with E-state index in [1.807, 2.05) is 53.1 Å². The van der Waals surface area contributed by atoms with E-state index in [1.165, 1.54) is 0 Å². The number of nitrogens with one attached hydrogen (secondary N) is 1. The van der Waals surface area contributed by atoms with Crippen LogP contribution in [0.15, 0.2) is 54.9 Å². The molecule has 0 aliphatic heterocycles. The van der Waals surface area contributed by atoms with Crippen LogP contribution < -0.4 is 5.32 Å². The number of carbonyl (C=O) groups is 1. The van der Waals surface area contributed by atoms with Gasteiger partial charge in [0.25, 0.3) is 0 Å². The molecular formula is C19H20ClN3O. The Morgan fingerprint density at radius 3 is 2.71 bits per heavy atom. The summed E-state index contributed by atoms with van der Waals surface area (Å²) >= 11 is 5.93. The molecule has 0 saturated carbocycles. The summed E-state index contributed by atoms with van der Waals surface area (Å²) in [5.41, 5.74) is 1.85. The van der Waals surface area contributed by atoms with Gasteiger partial charge in [-0.25, -0.2) is 4.98 Å². The lowest BCUT2D eigenvalue weighted by Gasteiger charge is -2.24. The maximum atomic E-state index is 12.4. The number of fused-ring (bicyclic) bond motifs is 1. The minimum Gasteiger partial charge on any atom is -0.349 e. The molecule has 0 unspecified atom stereocenters. The van der Waals surface area contributed by atoms with Crippen LogP contribution in [0.25, 0.3) is 5.52 Å². The molecule has 0 radical (unpaired) electrons. The second-order valence-electron chi connectivity index (χ2n) is 6.51. The number of hydrogen-bond donors (Lipinski definition) is 1. The highest BCUT2D eigenvalue weighted by atomic mass is 35.5. The van der Waals surface area contributed by atoms with Crippen LogP contribution in [0.4, 0.5) is 0 Å². The van der Waals surface area contributed by atoms with Gasteiger partial charge in [-0.05, 0) is 35.2 Å². The summed E-state index contributed by atoms with van der Waals surface area (Å²) in [6.07, 6.45) is 4.15. The predicted octanol–water partition coefficient (Wildman–Crippen LogP) is 3.97. The van der Waals surface area contributed by atoms with E-state index in [2.05, 4.69) is 24.1 Å². The Kier molecular flexibility index (Phi) is 4.58. The molecule has 0 aliphatic carbocycles. The lowest BCUT2D eigenvalue weighted by Crippen LogP contribution is -2.31. The highest BCUT2D eigenvalue weighted by Gasteiger charge is 2.24. The molecule has 24 heavy (non-hydrogen) atoms. The molecule has 2 aromatic heterocycles. The molecule has 3 rings (SSSR count). The number of rotatable bonds is 5. The van der Waals surface area contributed by atoms with E-state index in [9.17, 15) is 4.79 Å². The largest absolute Gasteiger partial charge is 0.349 e. The van der Waals surface area contributed by atoms with Gasteiger partial charge in [0.2, 0.25) is 5.91 Å². The van der Waals surface area contributed by atoms with Crippen molar-refractivity contribution in [2.45, 2.75) is 32.2 Å². The number of pyridine rings is 1. The molecule has 124 valence electrons. The van der Waals surface area contributed by atoms with Crippen LogP contribution >= 0.6 is 11.6 Å². The van der Waals surface area contributed by atoms with E-state index >= 15 is 0 Å². The van der Waals surface area contributed by atoms with E-state index in [0.717, 1.165) is 16.9 Å². The van der Waals surface area contributed by atoms with Crippen LogP contribution in [0.2, 0.25) is 5.02 Å². The van der Waals surface area contributed by atoms with Gasteiger partial charge in [0.1, 0.15) is 5.82 Å². The summed E-state index contributed by atoms with van der Waals surface area (Å²) in [5.74, 6) is 0.825. The number of nitrogens with zero attached hydrogens (tertiary/aromatic N) is 2. The second-order valence-corrected chi connectivity index (χ2v) is 6.95. The van der Waals surface area contributed by atoms with Crippen LogP contribution in [0, 0.1) is 0 Å². The second kappa shape index (κ2) is 6.65. The monoisotopic (exact) mass is 341 g/mol. The molecule has 1 N–H and O–H groups in total. The average molecular weight is 342 g/mol. The molecule has 0 spiro atoms. The quantitative estimate of drug-likeness (QED) is 0.763. The van der Waals surface area contributed by atoms with E-state index in [1.54, 1.807) is 6.20 Å². The van der Waals surface area contributed by atoms with Gasteiger partial charge in [-0.1, -0.05) is 43.6 Å². The average Bonchev–Trinajstić information content (AvgIpc) is 2.96. The van der Waals surface area contributed by atoms with Crippen molar-refractivity contribution in [1.29, 1.82) is 0 Å². The third-order valence-corrected chi connectivity index (χ3v) is 4.44. The van der Waals surface area contributed by atoms with Crippen molar-refractivity contribution in [3.8, 4) is 0 Å². The third kappa shape index (κ3) is 3.60. The first kappa shape index (κ1) is 16.5. The number of hydrogen-bond acceptors (Lipinski definition) is 2. The lowest BCUT2D eigenvalue weighted by molar-refractivity contribution is -0.122. The van der Waals surface area contributed by atoms with Crippen molar-refractivity contribution < 1.29 is 4.79 Å². The van der Waals surface area contributed by atoms with Crippen LogP contribution in [-0.2, 0) is 16.8 Å². The Morgan fingerprint density at radius 1 is 1.21 bits per heavy atom. The molecule has 2 heterocycles. The normalized spacial score (nSPS) is 11.6. The highest BCUT2D eigenvalue weighted by molar-refractivity contribution is 6.30. The van der Waals surface area contributed by atoms with E-state index < -0.39 is 0 Å². The van der Waals surface area contributed by atoms with Gasteiger partial charge >= 0.3 is 0 Å². The molecule has 0 atom stereocenters. The van der Waals surface area contributed by atoms with Crippen LogP contribution in [0.1, 0.15) is 31.7 Å². The van der Waals surface area contributed by atoms with Crippen molar-refractivity contribution in [2.24, 2.45) is 0 Å². The minimum absolute atomic E-state index is 0.00244. The molecule has 0 aliphatic rings. The number of halogens is 1. The number of aromatic nitrogens is 2. The summed E-state index contributed by atoms with van der Waals surface area (Å²) in [5, 5.41) is 3.67. The van der Waals surface area contributed by atoms with Gasteiger partial charge in [-0.15, -0.1) is 0 Å². The predicted molar refractivity (Wildman–Crippen MR) is 96.1 cm³/mol. The lowest BCUT2D eigenvalue weighted by atomic mass is 9.81. The molecular weight excluding hydrogens is 322 g/mol. The fourth-order valence-electron chi connectivity index (χ4n) is 2.77. The molecule has 1 aromatic carbocycles. The zero-order valence-corrected chi connectivity index (χ0v) is 14.5. The minimum atomic E-state index is -0.261. The van der Waals surface area contributed by atoms with Crippen molar-refractivity contribution in [1.82, 2.24) is 14.7 Å². The highest BCUT2D eigenvalue weighted by Crippen LogP contribution is 2.28. The van der Waals surface area contributed by atoms with Crippen LogP contribution in [0.5, 0.6) is 0 Å². The van der Waals surface area contributed by atoms with Crippen molar-refractivity contribution in [3.63, 3.8) is 0 Å². The first-order valence-electron chi connectivity index (χ1n) is 7.89. The number of carbonyl (C=O) groups excluding carboxylic acids is 1. The summed E-state index contributed by atoms with van der Waals surface area (Å²) in [4.78, 5) is 16.7. The Hall–Kier alpha value is -2.33. The van der Waals surface area contributed by atoms with Gasteiger partial charge < -0.3 is 9.72 Å². The molecule has 3 aromatic rings. The third-order valence-electron chi connectivity index (χ3n) is 4.19. The standard InChI is InChI=1S/C19H20ClN3O/c1-19(2,14-6-8-15(20)9-7-14)11-18(24)22-13-17-21-12-16-5-3-4-10-23(16)17/h3-10,12H,11,13H2,1-2H3,(H,22,24). The van der Waals surface area contributed by atoms with Crippen molar-refractivity contribution >= 4 is 23.0 Å². The molecule has 0 fully saturated rings. The van der Waals surface area contributed by atoms with Gasteiger partial charge in [-0.2, -0.15) is 0 Å². The zero-order chi connectivity index (χ0) is 17.2. The summed E-state index contributed by atoms with van der Waals surface area (Å²) in [6, 6.07) is 13.6. The fraction of sp³-hybridized carbons (Fsp3) is 0.263. The molecule has 5 heteroatoms. The SMILES string of the molecule is CC(C)(CC(=O)NCc1ncc2ccccn12)c1ccc(Cl)cc1. The molecule has 4 nitrogen and oxygen atoms in total. The first-order valence-corrected chi connectivity index (χ1v) is 8.27. The number of benzene rings is 1. The maximum absolute atomic E-state index is 12.4. The van der Waals surface area contributed by atoms with Gasteiger partial charge in [0.05, 0.1) is 18.3 Å². The van der Waals surface area contributed by atoms with Crippen LogP contribution in [0.3, 0.4) is 0 Å². The van der Waals surface area contributed by atoms with Gasteiger partial charge in [0.15, 0.2) is 0 Å². The van der Waals surface area contributed by atoms with Crippen molar-refractivity contribution in [2.75, 3.05) is 0 Å².